The van der Waals surface area contributed by atoms with Crippen molar-refractivity contribution in [3.8, 4) is 0 Å². The lowest BCUT2D eigenvalue weighted by Crippen LogP contribution is -2.27. The summed E-state index contributed by atoms with van der Waals surface area (Å²) in [6.07, 6.45) is 0.650. The lowest BCUT2D eigenvalue weighted by Gasteiger charge is -2.12. The summed E-state index contributed by atoms with van der Waals surface area (Å²) in [7, 11) is -0.738. The van der Waals surface area contributed by atoms with Crippen LogP contribution in [0, 0.1) is 0 Å². The van der Waals surface area contributed by atoms with E-state index in [0.29, 0.717) is 29.4 Å². The van der Waals surface area contributed by atoms with Crippen LogP contribution in [0.4, 0.5) is 5.69 Å². The fourth-order valence-electron chi connectivity index (χ4n) is 3.07. The maximum absolute atomic E-state index is 12.7. The fourth-order valence-corrected chi connectivity index (χ4v) is 3.97. The third kappa shape index (κ3) is 5.26. The van der Waals surface area contributed by atoms with Crippen LogP contribution in [0.2, 0.25) is 0 Å². The van der Waals surface area contributed by atoms with E-state index in [1.807, 2.05) is 6.92 Å². The monoisotopic (exact) mass is 472 g/mol. The van der Waals surface area contributed by atoms with E-state index < -0.39 is 28.5 Å². The van der Waals surface area contributed by atoms with Gasteiger partial charge in [-0.1, -0.05) is 25.1 Å². The topological polar surface area (TPSA) is 128 Å². The number of esters is 1. The van der Waals surface area contributed by atoms with Gasteiger partial charge in [0.2, 0.25) is 10.0 Å². The van der Waals surface area contributed by atoms with E-state index in [9.17, 15) is 22.8 Å². The Morgan fingerprint density at radius 1 is 1.06 bits per heavy atom. The molecule has 0 aliphatic heterocycles. The van der Waals surface area contributed by atoms with Gasteiger partial charge in [0.25, 0.3) is 11.5 Å². The van der Waals surface area contributed by atoms with Gasteiger partial charge in [0, 0.05) is 31.7 Å². The molecule has 0 aliphatic rings. The molecule has 3 rings (SSSR count). The van der Waals surface area contributed by atoms with Crippen LogP contribution < -0.4 is 10.9 Å². The molecule has 1 aromatic heterocycles. The Hall–Kier alpha value is -3.57. The van der Waals surface area contributed by atoms with Crippen molar-refractivity contribution >= 4 is 38.4 Å². The molecule has 33 heavy (non-hydrogen) atoms. The second-order valence-electron chi connectivity index (χ2n) is 7.36. The smallest absolute Gasteiger partial charge is 0.359 e. The standard InChI is InChI=1S/C22H24N4O6S/c1-4-13-26-21(28)18-8-6-5-7-17(18)20(24-26)22(29)32-14-19(27)23-15-9-11-16(12-10-15)33(30,31)25(2)3/h5-12H,4,13-14H2,1-3H3,(H,23,27). The number of amides is 1. The number of nitrogens with zero attached hydrogens (tertiary/aromatic N) is 3. The number of sulfonamides is 1. The predicted molar refractivity (Wildman–Crippen MR) is 123 cm³/mol. The van der Waals surface area contributed by atoms with Crippen LogP contribution in [0.15, 0.2) is 58.2 Å². The minimum Gasteiger partial charge on any atom is -0.451 e. The molecule has 0 spiro atoms. The zero-order valence-electron chi connectivity index (χ0n) is 18.4. The van der Waals surface area contributed by atoms with Crippen LogP contribution in [0.25, 0.3) is 10.8 Å². The number of fused-ring (bicyclic) bond motifs is 1. The molecular formula is C22H24N4O6S. The molecule has 0 bridgehead atoms. The summed E-state index contributed by atoms with van der Waals surface area (Å²) in [6, 6.07) is 12.2. The van der Waals surface area contributed by atoms with Gasteiger partial charge in [0.05, 0.1) is 10.3 Å². The summed E-state index contributed by atoms with van der Waals surface area (Å²) in [4.78, 5) is 37.5. The molecular weight excluding hydrogens is 448 g/mol. The van der Waals surface area contributed by atoms with Gasteiger partial charge in [-0.2, -0.15) is 5.10 Å². The predicted octanol–water partition coefficient (Wildman–Crippen LogP) is 1.85. The van der Waals surface area contributed by atoms with Crippen molar-refractivity contribution in [2.75, 3.05) is 26.0 Å². The number of carbonyl (C=O) groups excluding carboxylic acids is 2. The van der Waals surface area contributed by atoms with E-state index in [0.717, 1.165) is 4.31 Å². The normalized spacial score (nSPS) is 11.5. The van der Waals surface area contributed by atoms with Crippen molar-refractivity contribution in [2.45, 2.75) is 24.8 Å². The van der Waals surface area contributed by atoms with E-state index in [1.54, 1.807) is 24.3 Å². The van der Waals surface area contributed by atoms with Gasteiger partial charge >= 0.3 is 5.97 Å². The number of rotatable bonds is 8. The molecule has 0 saturated carbocycles. The molecule has 10 nitrogen and oxygen atoms in total. The Labute approximate surface area is 190 Å². The Bertz CT molecular complexity index is 1350. The van der Waals surface area contributed by atoms with Crippen molar-refractivity contribution in [1.29, 1.82) is 0 Å². The fraction of sp³-hybridized carbons (Fsp3) is 0.273. The molecule has 174 valence electrons. The molecule has 1 amide bonds. The van der Waals surface area contributed by atoms with Crippen LogP contribution in [-0.2, 0) is 26.1 Å². The second-order valence-corrected chi connectivity index (χ2v) is 9.51. The van der Waals surface area contributed by atoms with Crippen LogP contribution in [0.1, 0.15) is 23.8 Å². The highest BCUT2D eigenvalue weighted by Crippen LogP contribution is 2.17. The molecule has 0 aliphatic carbocycles. The highest BCUT2D eigenvalue weighted by molar-refractivity contribution is 7.89. The summed E-state index contributed by atoms with van der Waals surface area (Å²) >= 11 is 0. The number of ether oxygens (including phenoxy) is 1. The number of nitrogens with one attached hydrogen (secondary N) is 1. The average Bonchev–Trinajstić information content (AvgIpc) is 2.79. The van der Waals surface area contributed by atoms with Crippen molar-refractivity contribution in [2.24, 2.45) is 0 Å². The first-order valence-corrected chi connectivity index (χ1v) is 11.6. The molecule has 3 aromatic rings. The van der Waals surface area contributed by atoms with Gasteiger partial charge in [-0.3, -0.25) is 9.59 Å². The Morgan fingerprint density at radius 3 is 2.30 bits per heavy atom. The molecule has 0 fully saturated rings. The highest BCUT2D eigenvalue weighted by Gasteiger charge is 2.20. The van der Waals surface area contributed by atoms with Crippen molar-refractivity contribution in [3.05, 3.63) is 64.6 Å². The molecule has 1 N–H and O–H groups in total. The summed E-state index contributed by atoms with van der Waals surface area (Å²) in [6.45, 7) is 1.64. The third-order valence-electron chi connectivity index (χ3n) is 4.75. The lowest BCUT2D eigenvalue weighted by atomic mass is 10.1. The SMILES string of the molecule is CCCn1nc(C(=O)OCC(=O)Nc2ccc(S(=O)(=O)N(C)C)cc2)c2ccccc2c1=O. The number of anilines is 1. The Morgan fingerprint density at radius 2 is 1.70 bits per heavy atom. The largest absolute Gasteiger partial charge is 0.451 e. The summed E-state index contributed by atoms with van der Waals surface area (Å²) in [5, 5.41) is 7.35. The highest BCUT2D eigenvalue weighted by atomic mass is 32.2. The number of benzene rings is 2. The minimum absolute atomic E-state index is 0.0512. The summed E-state index contributed by atoms with van der Waals surface area (Å²) in [5.41, 5.74) is -0.0139. The molecule has 1 heterocycles. The van der Waals surface area contributed by atoms with Gasteiger partial charge in [-0.05, 0) is 36.8 Å². The third-order valence-corrected chi connectivity index (χ3v) is 6.58. The van der Waals surface area contributed by atoms with Gasteiger partial charge < -0.3 is 10.1 Å². The Kier molecular flexibility index (Phi) is 7.24. The number of aryl methyl sites for hydroxylation is 1. The van der Waals surface area contributed by atoms with E-state index in [1.165, 1.54) is 43.0 Å². The first-order chi connectivity index (χ1) is 15.6. The molecule has 11 heteroatoms. The number of hydrogen-bond donors (Lipinski definition) is 1. The molecule has 0 unspecified atom stereocenters. The van der Waals surface area contributed by atoms with Crippen LogP contribution in [0.3, 0.4) is 0 Å². The van der Waals surface area contributed by atoms with E-state index in [4.69, 9.17) is 4.74 Å². The maximum atomic E-state index is 12.7. The van der Waals surface area contributed by atoms with E-state index in [-0.39, 0.29) is 16.1 Å². The summed E-state index contributed by atoms with van der Waals surface area (Å²) < 4.78 is 31.6. The summed E-state index contributed by atoms with van der Waals surface area (Å²) in [5.74, 6) is -1.45. The first kappa shape index (κ1) is 24.1. The molecule has 0 atom stereocenters. The van der Waals surface area contributed by atoms with E-state index in [2.05, 4.69) is 10.4 Å². The Balaban J connectivity index is 1.71. The molecule has 0 radical (unpaired) electrons. The zero-order valence-corrected chi connectivity index (χ0v) is 19.3. The zero-order chi connectivity index (χ0) is 24.2. The molecule has 2 aromatic carbocycles. The van der Waals surface area contributed by atoms with Crippen LogP contribution in [-0.4, -0.2) is 55.1 Å². The number of carbonyl (C=O) groups is 2. The van der Waals surface area contributed by atoms with E-state index >= 15 is 0 Å². The van der Waals surface area contributed by atoms with Crippen molar-refractivity contribution in [1.82, 2.24) is 14.1 Å². The number of aromatic nitrogens is 2. The van der Waals surface area contributed by atoms with Crippen LogP contribution in [0.5, 0.6) is 0 Å². The first-order valence-electron chi connectivity index (χ1n) is 10.1. The molecule has 0 saturated heterocycles. The van der Waals surface area contributed by atoms with Crippen LogP contribution >= 0.6 is 0 Å². The van der Waals surface area contributed by atoms with Gasteiger partial charge in [0.1, 0.15) is 0 Å². The maximum Gasteiger partial charge on any atom is 0.359 e. The van der Waals surface area contributed by atoms with Crippen molar-refractivity contribution < 1.29 is 22.7 Å². The quantitative estimate of drug-likeness (QED) is 0.496. The minimum atomic E-state index is -3.58. The lowest BCUT2D eigenvalue weighted by molar-refractivity contribution is -0.119. The van der Waals surface area contributed by atoms with Gasteiger partial charge in [-0.15, -0.1) is 0 Å². The average molecular weight is 473 g/mol. The second kappa shape index (κ2) is 9.92. The van der Waals surface area contributed by atoms with Gasteiger partial charge in [-0.25, -0.2) is 22.2 Å². The van der Waals surface area contributed by atoms with Gasteiger partial charge in [0.15, 0.2) is 12.3 Å². The van der Waals surface area contributed by atoms with Crippen molar-refractivity contribution in [3.63, 3.8) is 0 Å². The number of hydrogen-bond acceptors (Lipinski definition) is 7.